The van der Waals surface area contributed by atoms with Crippen LogP contribution in [0.1, 0.15) is 36.2 Å². The van der Waals surface area contributed by atoms with Crippen LogP contribution in [0.5, 0.6) is 11.5 Å². The fourth-order valence-corrected chi connectivity index (χ4v) is 4.65. The van der Waals surface area contributed by atoms with E-state index in [1.807, 2.05) is 43.0 Å². The summed E-state index contributed by atoms with van der Waals surface area (Å²) >= 11 is 0. The summed E-state index contributed by atoms with van der Waals surface area (Å²) in [6.45, 7) is 8.66. The molecule has 0 bridgehead atoms. The molecule has 3 aromatic rings. The molecule has 198 valence electrons. The molecule has 1 aromatic heterocycles. The van der Waals surface area contributed by atoms with E-state index < -0.39 is 0 Å². The number of rotatable bonds is 7. The minimum Gasteiger partial charge on any atom is -0.454 e. The van der Waals surface area contributed by atoms with Crippen molar-refractivity contribution in [2.45, 2.75) is 33.2 Å². The maximum absolute atomic E-state index is 13.4. The van der Waals surface area contributed by atoms with Gasteiger partial charge in [-0.05, 0) is 50.6 Å². The first-order valence-electron chi connectivity index (χ1n) is 13.1. The van der Waals surface area contributed by atoms with Gasteiger partial charge in [-0.3, -0.25) is 9.59 Å². The van der Waals surface area contributed by atoms with E-state index >= 15 is 0 Å². The first-order valence-corrected chi connectivity index (χ1v) is 13.1. The number of benzene rings is 2. The van der Waals surface area contributed by atoms with E-state index in [9.17, 15) is 9.59 Å². The van der Waals surface area contributed by atoms with Gasteiger partial charge in [-0.2, -0.15) is 0 Å². The lowest BCUT2D eigenvalue weighted by Crippen LogP contribution is -2.53. The second-order valence-corrected chi connectivity index (χ2v) is 9.77. The highest BCUT2D eigenvalue weighted by atomic mass is 16.7. The smallest absolute Gasteiger partial charge is 0.254 e. The fraction of sp³-hybridized carbons (Fsp3) is 0.379. The van der Waals surface area contributed by atoms with Gasteiger partial charge in [0.25, 0.3) is 5.91 Å². The van der Waals surface area contributed by atoms with Crippen molar-refractivity contribution in [3.63, 3.8) is 0 Å². The molecule has 38 heavy (non-hydrogen) atoms. The van der Waals surface area contributed by atoms with E-state index in [2.05, 4.69) is 34.2 Å². The molecule has 2 aromatic carbocycles. The molecule has 3 heterocycles. The first kappa shape index (κ1) is 25.5. The molecule has 5 rings (SSSR count). The van der Waals surface area contributed by atoms with Crippen LogP contribution in [0.4, 0.5) is 5.82 Å². The van der Waals surface area contributed by atoms with Crippen molar-refractivity contribution >= 4 is 17.6 Å². The van der Waals surface area contributed by atoms with E-state index in [0.29, 0.717) is 43.2 Å². The highest BCUT2D eigenvalue weighted by Gasteiger charge is 2.29. The highest BCUT2D eigenvalue weighted by Crippen LogP contribution is 2.33. The first-order chi connectivity index (χ1) is 18.4. The lowest BCUT2D eigenvalue weighted by atomic mass is 10.1. The third-order valence-electron chi connectivity index (χ3n) is 7.26. The van der Waals surface area contributed by atoms with Gasteiger partial charge in [-0.1, -0.05) is 36.8 Å². The third-order valence-corrected chi connectivity index (χ3v) is 7.26. The van der Waals surface area contributed by atoms with Crippen LogP contribution in [0.3, 0.4) is 0 Å². The standard InChI is InChI=1S/C29H33N5O4/c1-4-21(3)34(29(36)23-9-11-25-26(17-23)38-19-37-25)18-28(35)33-15-13-32(14-16-33)27-12-10-24(30-31-27)22-7-5-20(2)6-8-22/h5-12,17,21H,4,13-16,18-19H2,1-3H3/t21-/m0/s1. The Hall–Kier alpha value is -4.14. The average Bonchev–Trinajstić information content (AvgIpc) is 3.44. The predicted molar refractivity (Wildman–Crippen MR) is 144 cm³/mol. The fourth-order valence-electron chi connectivity index (χ4n) is 4.65. The number of amides is 2. The molecule has 0 radical (unpaired) electrons. The Morgan fingerprint density at radius 1 is 0.947 bits per heavy atom. The zero-order chi connectivity index (χ0) is 26.6. The maximum atomic E-state index is 13.4. The minimum absolute atomic E-state index is 0.0351. The lowest BCUT2D eigenvalue weighted by molar-refractivity contribution is -0.132. The quantitative estimate of drug-likeness (QED) is 0.473. The summed E-state index contributed by atoms with van der Waals surface area (Å²) in [5.41, 5.74) is 3.56. The van der Waals surface area contributed by atoms with Crippen LogP contribution in [0.2, 0.25) is 0 Å². The Balaban J connectivity index is 1.19. The number of piperazine rings is 1. The SMILES string of the molecule is CC[C@H](C)N(CC(=O)N1CCN(c2ccc(-c3ccc(C)cc3)nn2)CC1)C(=O)c1ccc2c(c1)OCO2. The molecule has 9 heteroatoms. The largest absolute Gasteiger partial charge is 0.454 e. The molecule has 0 spiro atoms. The molecule has 1 atom stereocenters. The van der Waals surface area contributed by atoms with Crippen LogP contribution < -0.4 is 14.4 Å². The van der Waals surface area contributed by atoms with Crippen molar-refractivity contribution in [1.29, 1.82) is 0 Å². The Labute approximate surface area is 223 Å². The molecule has 0 aliphatic carbocycles. The number of aromatic nitrogens is 2. The summed E-state index contributed by atoms with van der Waals surface area (Å²) < 4.78 is 10.8. The number of aryl methyl sites for hydroxylation is 1. The van der Waals surface area contributed by atoms with E-state index in [4.69, 9.17) is 9.47 Å². The number of carbonyl (C=O) groups excluding carboxylic acids is 2. The monoisotopic (exact) mass is 515 g/mol. The van der Waals surface area contributed by atoms with Crippen molar-refractivity contribution < 1.29 is 19.1 Å². The van der Waals surface area contributed by atoms with E-state index in [-0.39, 0.29) is 31.2 Å². The zero-order valence-electron chi connectivity index (χ0n) is 22.1. The number of anilines is 1. The summed E-state index contributed by atoms with van der Waals surface area (Å²) in [5, 5.41) is 8.85. The highest BCUT2D eigenvalue weighted by molar-refractivity contribution is 5.97. The number of nitrogens with zero attached hydrogens (tertiary/aromatic N) is 5. The van der Waals surface area contributed by atoms with Crippen LogP contribution in [0.15, 0.2) is 54.6 Å². The molecule has 1 saturated heterocycles. The van der Waals surface area contributed by atoms with Gasteiger partial charge in [-0.15, -0.1) is 10.2 Å². The predicted octanol–water partition coefficient (Wildman–Crippen LogP) is 3.77. The number of hydrogen-bond donors (Lipinski definition) is 0. The molecule has 0 unspecified atom stereocenters. The Bertz CT molecular complexity index is 1290. The summed E-state index contributed by atoms with van der Waals surface area (Å²) in [6, 6.07) is 17.2. The number of carbonyl (C=O) groups is 2. The molecule has 2 amide bonds. The summed E-state index contributed by atoms with van der Waals surface area (Å²) in [4.78, 5) is 32.3. The molecule has 9 nitrogen and oxygen atoms in total. The van der Waals surface area contributed by atoms with Gasteiger partial charge >= 0.3 is 0 Å². The minimum atomic E-state index is -0.187. The van der Waals surface area contributed by atoms with Crippen molar-refractivity contribution in [3.05, 3.63) is 65.7 Å². The molecular weight excluding hydrogens is 482 g/mol. The van der Waals surface area contributed by atoms with Crippen molar-refractivity contribution in [3.8, 4) is 22.8 Å². The molecule has 1 fully saturated rings. The van der Waals surface area contributed by atoms with Crippen LogP contribution >= 0.6 is 0 Å². The maximum Gasteiger partial charge on any atom is 0.254 e. The van der Waals surface area contributed by atoms with Crippen LogP contribution in [0, 0.1) is 6.92 Å². The third kappa shape index (κ3) is 5.41. The molecule has 0 saturated carbocycles. The molecule has 2 aliphatic rings. The van der Waals surface area contributed by atoms with Gasteiger partial charge in [0.1, 0.15) is 6.54 Å². The normalized spacial score (nSPS) is 15.3. The number of fused-ring (bicyclic) bond motifs is 1. The molecule has 2 aliphatic heterocycles. The van der Waals surface area contributed by atoms with Gasteiger partial charge in [0.2, 0.25) is 12.7 Å². The second kappa shape index (κ2) is 11.1. The van der Waals surface area contributed by atoms with Crippen LogP contribution in [-0.4, -0.2) is 77.4 Å². The molecular formula is C29H33N5O4. The van der Waals surface area contributed by atoms with Crippen molar-refractivity contribution in [1.82, 2.24) is 20.0 Å². The van der Waals surface area contributed by atoms with Crippen LogP contribution in [0.25, 0.3) is 11.3 Å². The van der Waals surface area contributed by atoms with E-state index in [0.717, 1.165) is 23.5 Å². The lowest BCUT2D eigenvalue weighted by Gasteiger charge is -2.37. The van der Waals surface area contributed by atoms with Crippen molar-refractivity contribution in [2.24, 2.45) is 0 Å². The van der Waals surface area contributed by atoms with Crippen LogP contribution in [-0.2, 0) is 4.79 Å². The van der Waals surface area contributed by atoms with Gasteiger partial charge in [0.15, 0.2) is 17.3 Å². The van der Waals surface area contributed by atoms with Gasteiger partial charge in [0.05, 0.1) is 5.69 Å². The summed E-state index contributed by atoms with van der Waals surface area (Å²) in [7, 11) is 0. The van der Waals surface area contributed by atoms with Crippen molar-refractivity contribution in [2.75, 3.05) is 44.4 Å². The number of ether oxygens (including phenoxy) is 2. The Morgan fingerprint density at radius 2 is 1.68 bits per heavy atom. The number of hydrogen-bond acceptors (Lipinski definition) is 7. The molecule has 0 N–H and O–H groups in total. The van der Waals surface area contributed by atoms with E-state index in [1.54, 1.807) is 23.1 Å². The van der Waals surface area contributed by atoms with Gasteiger partial charge in [0, 0.05) is 43.3 Å². The Kier molecular flexibility index (Phi) is 7.44. The van der Waals surface area contributed by atoms with Gasteiger partial charge < -0.3 is 24.2 Å². The topological polar surface area (TPSA) is 88.1 Å². The van der Waals surface area contributed by atoms with Gasteiger partial charge in [-0.25, -0.2) is 0 Å². The second-order valence-electron chi connectivity index (χ2n) is 9.77. The Morgan fingerprint density at radius 3 is 2.37 bits per heavy atom. The zero-order valence-corrected chi connectivity index (χ0v) is 22.1. The van der Waals surface area contributed by atoms with E-state index in [1.165, 1.54) is 5.56 Å². The summed E-state index contributed by atoms with van der Waals surface area (Å²) in [5.74, 6) is 1.73. The summed E-state index contributed by atoms with van der Waals surface area (Å²) in [6.07, 6.45) is 0.745. The average molecular weight is 516 g/mol.